The SMILES string of the molecule is O=[N+]([O-])c1ccc(SC=CC(=Nc2ccccc2)c2ccccc2)cc1. The maximum Gasteiger partial charge on any atom is 0.269 e. The number of rotatable bonds is 6. The van der Waals surface area contributed by atoms with Crippen molar-refractivity contribution in [3.8, 4) is 0 Å². The van der Waals surface area contributed by atoms with Crippen LogP contribution in [0.5, 0.6) is 0 Å². The Morgan fingerprint density at radius 3 is 2.12 bits per heavy atom. The summed E-state index contributed by atoms with van der Waals surface area (Å²) in [7, 11) is 0. The van der Waals surface area contributed by atoms with Crippen molar-refractivity contribution in [2.24, 2.45) is 4.99 Å². The van der Waals surface area contributed by atoms with Gasteiger partial charge in [0.15, 0.2) is 0 Å². The van der Waals surface area contributed by atoms with E-state index in [0.717, 1.165) is 21.9 Å². The van der Waals surface area contributed by atoms with Gasteiger partial charge in [-0.25, -0.2) is 4.99 Å². The Labute approximate surface area is 156 Å². The number of hydrogen-bond donors (Lipinski definition) is 0. The fraction of sp³-hybridized carbons (Fsp3) is 0. The molecular formula is C21H16N2O2S. The third-order valence-corrected chi connectivity index (χ3v) is 4.37. The molecule has 0 aliphatic rings. The second kappa shape index (κ2) is 8.78. The van der Waals surface area contributed by atoms with Crippen molar-refractivity contribution in [2.45, 2.75) is 4.90 Å². The van der Waals surface area contributed by atoms with Gasteiger partial charge in [-0.1, -0.05) is 60.3 Å². The number of para-hydroxylation sites is 1. The second-order valence-electron chi connectivity index (χ2n) is 5.37. The lowest BCUT2D eigenvalue weighted by Gasteiger charge is -2.03. The quantitative estimate of drug-likeness (QED) is 0.234. The Balaban J connectivity index is 1.80. The molecule has 0 N–H and O–H groups in total. The number of thioether (sulfide) groups is 1. The number of aliphatic imine (C=N–C) groups is 1. The Bertz CT molecular complexity index is 921. The topological polar surface area (TPSA) is 55.5 Å². The second-order valence-corrected chi connectivity index (χ2v) is 6.35. The summed E-state index contributed by atoms with van der Waals surface area (Å²) in [6.07, 6.45) is 1.95. The molecule has 0 aromatic heterocycles. The summed E-state index contributed by atoms with van der Waals surface area (Å²) in [6, 6.07) is 26.2. The van der Waals surface area contributed by atoms with E-state index in [0.29, 0.717) is 0 Å². The molecule has 3 aromatic rings. The van der Waals surface area contributed by atoms with Gasteiger partial charge in [-0.3, -0.25) is 10.1 Å². The van der Waals surface area contributed by atoms with Crippen molar-refractivity contribution in [3.63, 3.8) is 0 Å². The number of allylic oxidation sites excluding steroid dienone is 1. The first kappa shape index (κ1) is 17.6. The summed E-state index contributed by atoms with van der Waals surface area (Å²) in [6.45, 7) is 0. The zero-order valence-electron chi connectivity index (χ0n) is 13.9. The van der Waals surface area contributed by atoms with Gasteiger partial charge in [-0.15, -0.1) is 0 Å². The Hall–Kier alpha value is -3.18. The van der Waals surface area contributed by atoms with Crippen LogP contribution < -0.4 is 0 Å². The van der Waals surface area contributed by atoms with E-state index in [1.807, 2.05) is 72.1 Å². The summed E-state index contributed by atoms with van der Waals surface area (Å²) in [4.78, 5) is 16.0. The molecular weight excluding hydrogens is 344 g/mol. The van der Waals surface area contributed by atoms with Gasteiger partial charge in [0.2, 0.25) is 0 Å². The first-order valence-electron chi connectivity index (χ1n) is 7.99. The molecule has 0 atom stereocenters. The van der Waals surface area contributed by atoms with Gasteiger partial charge in [0, 0.05) is 22.6 Å². The molecule has 26 heavy (non-hydrogen) atoms. The molecule has 0 amide bonds. The third kappa shape index (κ3) is 4.91. The molecule has 0 aliphatic carbocycles. The highest BCUT2D eigenvalue weighted by molar-refractivity contribution is 8.02. The smallest absolute Gasteiger partial charge is 0.258 e. The van der Waals surface area contributed by atoms with Crippen LogP contribution in [0.1, 0.15) is 5.56 Å². The van der Waals surface area contributed by atoms with Gasteiger partial charge in [-0.2, -0.15) is 0 Å². The summed E-state index contributed by atoms with van der Waals surface area (Å²) < 4.78 is 0. The molecule has 0 heterocycles. The first-order chi connectivity index (χ1) is 12.7. The Kier molecular flexibility index (Phi) is 5.96. The highest BCUT2D eigenvalue weighted by Crippen LogP contribution is 2.23. The van der Waals surface area contributed by atoms with Gasteiger partial charge < -0.3 is 0 Å². The van der Waals surface area contributed by atoms with E-state index in [4.69, 9.17) is 4.99 Å². The summed E-state index contributed by atoms with van der Waals surface area (Å²) in [5, 5.41) is 12.7. The predicted molar refractivity (Wildman–Crippen MR) is 107 cm³/mol. The molecule has 0 unspecified atom stereocenters. The zero-order chi connectivity index (χ0) is 18.2. The minimum absolute atomic E-state index is 0.0916. The highest BCUT2D eigenvalue weighted by Gasteiger charge is 2.04. The van der Waals surface area contributed by atoms with E-state index < -0.39 is 4.92 Å². The average Bonchev–Trinajstić information content (AvgIpc) is 2.69. The summed E-state index contributed by atoms with van der Waals surface area (Å²) in [5.41, 5.74) is 2.85. The predicted octanol–water partition coefficient (Wildman–Crippen LogP) is 6.02. The molecule has 4 nitrogen and oxygen atoms in total. The lowest BCUT2D eigenvalue weighted by Crippen LogP contribution is -1.95. The fourth-order valence-corrected chi connectivity index (χ4v) is 2.92. The van der Waals surface area contributed by atoms with Crippen molar-refractivity contribution >= 4 is 28.8 Å². The standard InChI is InChI=1S/C21H16N2O2S/c24-23(25)19-11-13-20(14-12-19)26-16-15-21(17-7-3-1-4-8-17)22-18-9-5-2-6-10-18/h1-16H. The lowest BCUT2D eigenvalue weighted by atomic mass is 10.1. The zero-order valence-corrected chi connectivity index (χ0v) is 14.7. The summed E-state index contributed by atoms with van der Waals surface area (Å²) >= 11 is 1.49. The van der Waals surface area contributed by atoms with Crippen LogP contribution in [-0.4, -0.2) is 10.6 Å². The van der Waals surface area contributed by atoms with Gasteiger partial charge in [0.1, 0.15) is 0 Å². The number of nitrogens with zero attached hydrogens (tertiary/aromatic N) is 2. The van der Waals surface area contributed by atoms with Gasteiger partial charge in [-0.05, 0) is 35.7 Å². The summed E-state index contributed by atoms with van der Waals surface area (Å²) in [5.74, 6) is 0. The number of benzene rings is 3. The van der Waals surface area contributed by atoms with Gasteiger partial charge >= 0.3 is 0 Å². The Morgan fingerprint density at radius 2 is 1.50 bits per heavy atom. The van der Waals surface area contributed by atoms with Crippen LogP contribution in [0, 0.1) is 10.1 Å². The van der Waals surface area contributed by atoms with Crippen LogP contribution in [0.2, 0.25) is 0 Å². The van der Waals surface area contributed by atoms with Crippen molar-refractivity contribution < 1.29 is 4.92 Å². The molecule has 128 valence electrons. The monoisotopic (exact) mass is 360 g/mol. The van der Waals surface area contributed by atoms with Crippen molar-refractivity contribution in [2.75, 3.05) is 0 Å². The molecule has 0 fully saturated rings. The molecule has 0 radical (unpaired) electrons. The minimum Gasteiger partial charge on any atom is -0.258 e. The van der Waals surface area contributed by atoms with Gasteiger partial charge in [0.05, 0.1) is 16.3 Å². The van der Waals surface area contributed by atoms with Crippen LogP contribution in [-0.2, 0) is 0 Å². The van der Waals surface area contributed by atoms with Crippen LogP contribution in [0.3, 0.4) is 0 Å². The largest absolute Gasteiger partial charge is 0.269 e. The number of non-ortho nitro benzene ring substituents is 1. The Morgan fingerprint density at radius 1 is 0.885 bits per heavy atom. The number of nitro groups is 1. The van der Waals surface area contributed by atoms with E-state index in [1.54, 1.807) is 12.1 Å². The number of nitro benzene ring substituents is 1. The first-order valence-corrected chi connectivity index (χ1v) is 8.87. The maximum absolute atomic E-state index is 10.7. The van der Waals surface area contributed by atoms with E-state index in [1.165, 1.54) is 23.9 Å². The average molecular weight is 360 g/mol. The molecule has 5 heteroatoms. The van der Waals surface area contributed by atoms with Crippen LogP contribution in [0.15, 0.2) is 106 Å². The lowest BCUT2D eigenvalue weighted by molar-refractivity contribution is -0.384. The molecule has 0 aliphatic heterocycles. The van der Waals surface area contributed by atoms with E-state index in [9.17, 15) is 10.1 Å². The fourth-order valence-electron chi connectivity index (χ4n) is 2.27. The maximum atomic E-state index is 10.7. The molecule has 0 saturated heterocycles. The van der Waals surface area contributed by atoms with Crippen LogP contribution >= 0.6 is 11.8 Å². The van der Waals surface area contributed by atoms with E-state index >= 15 is 0 Å². The molecule has 0 saturated carbocycles. The van der Waals surface area contributed by atoms with E-state index in [-0.39, 0.29) is 5.69 Å². The molecule has 3 rings (SSSR count). The van der Waals surface area contributed by atoms with Crippen molar-refractivity contribution in [1.82, 2.24) is 0 Å². The van der Waals surface area contributed by atoms with Crippen LogP contribution in [0.25, 0.3) is 0 Å². The third-order valence-electron chi connectivity index (χ3n) is 3.55. The van der Waals surface area contributed by atoms with E-state index in [2.05, 4.69) is 0 Å². The van der Waals surface area contributed by atoms with Crippen molar-refractivity contribution in [1.29, 1.82) is 0 Å². The normalized spacial score (nSPS) is 11.6. The number of hydrogen-bond acceptors (Lipinski definition) is 4. The van der Waals surface area contributed by atoms with Crippen LogP contribution in [0.4, 0.5) is 11.4 Å². The van der Waals surface area contributed by atoms with Crippen molar-refractivity contribution in [3.05, 3.63) is 112 Å². The minimum atomic E-state index is -0.399. The molecule has 0 bridgehead atoms. The highest BCUT2D eigenvalue weighted by atomic mass is 32.2. The van der Waals surface area contributed by atoms with Gasteiger partial charge in [0.25, 0.3) is 5.69 Å². The molecule has 0 spiro atoms. The molecule has 3 aromatic carbocycles.